The summed E-state index contributed by atoms with van der Waals surface area (Å²) in [6.07, 6.45) is 0.635. The number of rotatable bonds is 0. The van der Waals surface area contributed by atoms with Gasteiger partial charge in [0, 0.05) is 19.5 Å². The molecule has 1 N–H and O–H groups in total. The fraction of sp³-hybridized carbons (Fsp3) is 0.800. The van der Waals surface area contributed by atoms with Crippen LogP contribution in [0.15, 0.2) is 0 Å². The SMILES string of the molecule is C[C@@H]1CC(=O)N(C)N1. The van der Waals surface area contributed by atoms with Crippen LogP contribution in [-0.4, -0.2) is 24.0 Å². The van der Waals surface area contributed by atoms with Crippen LogP contribution in [0.25, 0.3) is 0 Å². The third kappa shape index (κ3) is 0.816. The average Bonchev–Trinajstić information content (AvgIpc) is 1.85. The van der Waals surface area contributed by atoms with Crippen molar-refractivity contribution in [1.29, 1.82) is 0 Å². The highest BCUT2D eigenvalue weighted by Crippen LogP contribution is 2.02. The molecule has 1 fully saturated rings. The van der Waals surface area contributed by atoms with Gasteiger partial charge in [0.2, 0.25) is 5.91 Å². The molecule has 0 aliphatic carbocycles. The van der Waals surface area contributed by atoms with Crippen molar-refractivity contribution in [3.8, 4) is 0 Å². The predicted molar refractivity (Wildman–Crippen MR) is 30.0 cm³/mol. The third-order valence-corrected chi connectivity index (χ3v) is 1.27. The molecule has 0 unspecified atom stereocenters. The molecule has 0 spiro atoms. The summed E-state index contributed by atoms with van der Waals surface area (Å²) in [5.74, 6) is 0.178. The molecule has 1 aliphatic rings. The molecule has 3 nitrogen and oxygen atoms in total. The van der Waals surface area contributed by atoms with Gasteiger partial charge in [0.15, 0.2) is 0 Å². The lowest BCUT2D eigenvalue weighted by molar-refractivity contribution is -0.128. The molecule has 1 rings (SSSR count). The van der Waals surface area contributed by atoms with E-state index in [1.807, 2.05) is 6.92 Å². The maximum Gasteiger partial charge on any atom is 0.238 e. The molecular formula is C5H10N2O. The maximum absolute atomic E-state index is 10.6. The van der Waals surface area contributed by atoms with Crippen molar-refractivity contribution in [1.82, 2.24) is 10.4 Å². The first-order valence-corrected chi connectivity index (χ1v) is 2.73. The van der Waals surface area contributed by atoms with Crippen molar-refractivity contribution in [2.45, 2.75) is 19.4 Å². The van der Waals surface area contributed by atoms with Gasteiger partial charge in [-0.1, -0.05) is 0 Å². The first kappa shape index (κ1) is 5.56. The molecule has 1 heterocycles. The van der Waals surface area contributed by atoms with Gasteiger partial charge in [-0.3, -0.25) is 9.80 Å². The van der Waals surface area contributed by atoms with Gasteiger partial charge in [0.25, 0.3) is 0 Å². The second-order valence-electron chi connectivity index (χ2n) is 2.19. The zero-order valence-corrected chi connectivity index (χ0v) is 5.14. The Morgan fingerprint density at radius 1 is 1.88 bits per heavy atom. The lowest BCUT2D eigenvalue weighted by Crippen LogP contribution is -2.32. The van der Waals surface area contributed by atoms with Crippen LogP contribution in [0.3, 0.4) is 0 Å². The number of nitrogens with zero attached hydrogens (tertiary/aromatic N) is 1. The Morgan fingerprint density at radius 3 is 2.62 bits per heavy atom. The van der Waals surface area contributed by atoms with E-state index in [1.165, 1.54) is 5.01 Å². The first-order chi connectivity index (χ1) is 3.70. The first-order valence-electron chi connectivity index (χ1n) is 2.73. The summed E-state index contributed by atoms with van der Waals surface area (Å²) < 4.78 is 0. The highest BCUT2D eigenvalue weighted by Gasteiger charge is 2.21. The second-order valence-corrected chi connectivity index (χ2v) is 2.19. The summed E-state index contributed by atoms with van der Waals surface area (Å²) in [5, 5.41) is 1.53. The van der Waals surface area contributed by atoms with Crippen molar-refractivity contribution in [2.24, 2.45) is 0 Å². The van der Waals surface area contributed by atoms with Gasteiger partial charge in [-0.2, -0.15) is 0 Å². The molecule has 46 valence electrons. The number of nitrogens with one attached hydrogen (secondary N) is 1. The van der Waals surface area contributed by atoms with Gasteiger partial charge in [0.1, 0.15) is 0 Å². The fourth-order valence-electron chi connectivity index (χ4n) is 0.847. The van der Waals surface area contributed by atoms with Gasteiger partial charge in [-0.15, -0.1) is 0 Å². The van der Waals surface area contributed by atoms with E-state index in [0.29, 0.717) is 12.5 Å². The quantitative estimate of drug-likeness (QED) is 0.470. The van der Waals surface area contributed by atoms with Crippen LogP contribution in [0, 0.1) is 0 Å². The topological polar surface area (TPSA) is 32.3 Å². The van der Waals surface area contributed by atoms with E-state index < -0.39 is 0 Å². The highest BCUT2D eigenvalue weighted by atomic mass is 16.2. The Kier molecular flexibility index (Phi) is 1.21. The minimum Gasteiger partial charge on any atom is -0.281 e. The Bertz CT molecular complexity index is 113. The molecule has 0 aromatic rings. The number of hydrogen-bond acceptors (Lipinski definition) is 2. The van der Waals surface area contributed by atoms with Crippen molar-refractivity contribution < 1.29 is 4.79 Å². The molecule has 0 saturated carbocycles. The fourth-order valence-corrected chi connectivity index (χ4v) is 0.847. The van der Waals surface area contributed by atoms with Crippen LogP contribution in [0.4, 0.5) is 0 Å². The van der Waals surface area contributed by atoms with Gasteiger partial charge in [0.05, 0.1) is 0 Å². The van der Waals surface area contributed by atoms with E-state index >= 15 is 0 Å². The van der Waals surface area contributed by atoms with E-state index in [-0.39, 0.29) is 5.91 Å². The zero-order valence-electron chi connectivity index (χ0n) is 5.14. The third-order valence-electron chi connectivity index (χ3n) is 1.27. The standard InChI is InChI=1S/C5H10N2O/c1-4-3-5(8)7(2)6-4/h4,6H,3H2,1-2H3/t4-/m1/s1. The molecule has 0 radical (unpaired) electrons. The average molecular weight is 114 g/mol. The second kappa shape index (κ2) is 1.74. The molecule has 1 aliphatic heterocycles. The summed E-state index contributed by atoms with van der Waals surface area (Å²) in [6, 6.07) is 0.326. The number of carbonyl (C=O) groups is 1. The van der Waals surface area contributed by atoms with Gasteiger partial charge >= 0.3 is 0 Å². The number of hydrazine groups is 1. The monoisotopic (exact) mass is 114 g/mol. The summed E-state index contributed by atoms with van der Waals surface area (Å²) >= 11 is 0. The summed E-state index contributed by atoms with van der Waals surface area (Å²) in [4.78, 5) is 10.6. The van der Waals surface area contributed by atoms with Crippen LogP contribution in [0.1, 0.15) is 13.3 Å². The van der Waals surface area contributed by atoms with E-state index in [4.69, 9.17) is 0 Å². The lowest BCUT2D eigenvalue weighted by Gasteiger charge is -2.07. The normalized spacial score (nSPS) is 29.5. The van der Waals surface area contributed by atoms with Crippen LogP contribution in [-0.2, 0) is 4.79 Å². The molecule has 1 saturated heterocycles. The minimum atomic E-state index is 0.178. The van der Waals surface area contributed by atoms with Crippen molar-refractivity contribution in [3.05, 3.63) is 0 Å². The van der Waals surface area contributed by atoms with Crippen LogP contribution in [0.5, 0.6) is 0 Å². The van der Waals surface area contributed by atoms with Crippen LogP contribution >= 0.6 is 0 Å². The van der Waals surface area contributed by atoms with Gasteiger partial charge < -0.3 is 0 Å². The highest BCUT2D eigenvalue weighted by molar-refractivity contribution is 5.77. The number of carbonyl (C=O) groups excluding carboxylic acids is 1. The van der Waals surface area contributed by atoms with Gasteiger partial charge in [-0.25, -0.2) is 5.43 Å². The Hall–Kier alpha value is -0.570. The molecular weight excluding hydrogens is 104 g/mol. The predicted octanol–water partition coefficient (Wildman–Crippen LogP) is -0.258. The van der Waals surface area contributed by atoms with Crippen LogP contribution in [0.2, 0.25) is 0 Å². The van der Waals surface area contributed by atoms with Crippen molar-refractivity contribution >= 4 is 5.91 Å². The van der Waals surface area contributed by atoms with Crippen molar-refractivity contribution in [2.75, 3.05) is 7.05 Å². The zero-order chi connectivity index (χ0) is 6.15. The molecule has 0 bridgehead atoms. The lowest BCUT2D eigenvalue weighted by atomic mass is 10.3. The minimum absolute atomic E-state index is 0.178. The van der Waals surface area contributed by atoms with E-state index in [2.05, 4.69) is 5.43 Å². The molecule has 0 aromatic heterocycles. The number of amides is 1. The largest absolute Gasteiger partial charge is 0.281 e. The number of hydrogen-bond donors (Lipinski definition) is 1. The summed E-state index contributed by atoms with van der Waals surface area (Å²) in [7, 11) is 1.74. The smallest absolute Gasteiger partial charge is 0.238 e. The Labute approximate surface area is 48.6 Å². The molecule has 1 atom stereocenters. The van der Waals surface area contributed by atoms with E-state index in [0.717, 1.165) is 0 Å². The van der Waals surface area contributed by atoms with Crippen LogP contribution < -0.4 is 5.43 Å². The Morgan fingerprint density at radius 2 is 2.50 bits per heavy atom. The molecule has 3 heteroatoms. The summed E-state index contributed by atoms with van der Waals surface area (Å²) in [6.45, 7) is 1.99. The van der Waals surface area contributed by atoms with Crippen molar-refractivity contribution in [3.63, 3.8) is 0 Å². The molecule has 0 aromatic carbocycles. The molecule has 8 heavy (non-hydrogen) atoms. The summed E-state index contributed by atoms with van der Waals surface area (Å²) in [5.41, 5.74) is 2.95. The van der Waals surface area contributed by atoms with Gasteiger partial charge in [-0.05, 0) is 6.92 Å². The Balaban J connectivity index is 2.51. The molecule has 1 amide bonds. The maximum atomic E-state index is 10.6. The van der Waals surface area contributed by atoms with E-state index in [9.17, 15) is 4.79 Å². The van der Waals surface area contributed by atoms with E-state index in [1.54, 1.807) is 7.05 Å².